The third kappa shape index (κ3) is 10.6. The van der Waals surface area contributed by atoms with E-state index in [1.165, 1.54) is 7.11 Å². The number of aromatic nitrogens is 1. The molecule has 1 rings (SSSR count). The predicted molar refractivity (Wildman–Crippen MR) is 102 cm³/mol. The summed E-state index contributed by atoms with van der Waals surface area (Å²) in [5.41, 5.74) is 1.14. The van der Waals surface area contributed by atoms with Crippen LogP contribution >= 0.6 is 11.6 Å². The molecule has 140 valence electrons. The fraction of sp³-hybridized carbons (Fsp3) is 0.611. The van der Waals surface area contributed by atoms with Gasteiger partial charge in [0.1, 0.15) is 5.15 Å². The first-order chi connectivity index (χ1) is 12.2. The van der Waals surface area contributed by atoms with Crippen LogP contribution in [0.25, 0.3) is 0 Å². The van der Waals surface area contributed by atoms with Gasteiger partial charge in [0.25, 0.3) is 0 Å². The van der Waals surface area contributed by atoms with Gasteiger partial charge in [-0.2, -0.15) is 0 Å². The van der Waals surface area contributed by atoms with E-state index >= 15 is 0 Å². The van der Waals surface area contributed by atoms with Crippen molar-refractivity contribution in [3.63, 3.8) is 0 Å². The van der Waals surface area contributed by atoms with Crippen LogP contribution < -0.4 is 10.6 Å². The minimum absolute atomic E-state index is 0.132. The molecule has 0 atom stereocenters. The van der Waals surface area contributed by atoms with Crippen molar-refractivity contribution >= 4 is 23.5 Å². The second-order valence-corrected chi connectivity index (χ2v) is 6.05. The Bertz CT molecular complexity index is 520. The first kappa shape index (κ1) is 21.2. The lowest BCUT2D eigenvalue weighted by molar-refractivity contribution is -0.140. The summed E-state index contributed by atoms with van der Waals surface area (Å²) in [6.07, 6.45) is 7.14. The highest BCUT2D eigenvalue weighted by molar-refractivity contribution is 6.29. The molecule has 6 nitrogen and oxygen atoms in total. The van der Waals surface area contributed by atoms with E-state index in [2.05, 4.69) is 25.3 Å². The molecule has 2 N–H and O–H groups in total. The van der Waals surface area contributed by atoms with E-state index in [-0.39, 0.29) is 5.97 Å². The monoisotopic (exact) mass is 368 g/mol. The van der Waals surface area contributed by atoms with Crippen molar-refractivity contribution in [3.05, 3.63) is 29.0 Å². The zero-order chi connectivity index (χ0) is 18.3. The van der Waals surface area contributed by atoms with E-state index in [4.69, 9.17) is 11.6 Å². The number of halogens is 1. The lowest BCUT2D eigenvalue weighted by atomic mass is 10.1. The number of esters is 1. The number of guanidine groups is 1. The summed E-state index contributed by atoms with van der Waals surface area (Å²) >= 11 is 5.78. The van der Waals surface area contributed by atoms with Crippen molar-refractivity contribution in [3.8, 4) is 0 Å². The zero-order valence-electron chi connectivity index (χ0n) is 15.2. The molecule has 0 fully saturated rings. The number of rotatable bonds is 11. The highest BCUT2D eigenvalue weighted by atomic mass is 35.5. The van der Waals surface area contributed by atoms with Gasteiger partial charge in [-0.25, -0.2) is 4.98 Å². The molecule has 0 bridgehead atoms. The van der Waals surface area contributed by atoms with E-state index in [1.807, 2.05) is 13.0 Å². The summed E-state index contributed by atoms with van der Waals surface area (Å²) < 4.78 is 4.62. The summed E-state index contributed by atoms with van der Waals surface area (Å²) in [6, 6.07) is 3.78. The van der Waals surface area contributed by atoms with E-state index in [0.717, 1.165) is 63.3 Å². The lowest BCUT2D eigenvalue weighted by Crippen LogP contribution is -2.38. The molecule has 0 aliphatic heterocycles. The third-order valence-electron chi connectivity index (χ3n) is 3.63. The van der Waals surface area contributed by atoms with Gasteiger partial charge in [-0.3, -0.25) is 9.79 Å². The molecule has 25 heavy (non-hydrogen) atoms. The average molecular weight is 369 g/mol. The normalized spacial score (nSPS) is 11.2. The van der Waals surface area contributed by atoms with E-state index in [9.17, 15) is 4.79 Å². The lowest BCUT2D eigenvalue weighted by Gasteiger charge is -2.11. The molecular weight excluding hydrogens is 340 g/mol. The molecule has 0 aliphatic carbocycles. The summed E-state index contributed by atoms with van der Waals surface area (Å²) in [7, 11) is 1.43. The average Bonchev–Trinajstić information content (AvgIpc) is 2.62. The highest BCUT2D eigenvalue weighted by Gasteiger charge is 2.00. The van der Waals surface area contributed by atoms with E-state index in [1.54, 1.807) is 12.3 Å². The number of methoxy groups -OCH3 is 1. The fourth-order valence-corrected chi connectivity index (χ4v) is 2.36. The van der Waals surface area contributed by atoms with Crippen molar-refractivity contribution in [2.24, 2.45) is 4.99 Å². The predicted octanol–water partition coefficient (Wildman–Crippen LogP) is 2.96. The number of carbonyl (C=O) groups is 1. The van der Waals surface area contributed by atoms with E-state index in [0.29, 0.717) is 11.6 Å². The summed E-state index contributed by atoms with van der Waals surface area (Å²) in [5.74, 6) is 0.700. The molecule has 0 saturated heterocycles. The topological polar surface area (TPSA) is 75.6 Å². The Morgan fingerprint density at radius 2 is 2.04 bits per heavy atom. The van der Waals surface area contributed by atoms with Crippen LogP contribution in [0.3, 0.4) is 0 Å². The minimum atomic E-state index is -0.132. The molecule has 0 spiro atoms. The SMILES string of the molecule is CCNC(=NCCCCCCC(=O)OC)NCCc1ccc(Cl)nc1. The zero-order valence-corrected chi connectivity index (χ0v) is 15.9. The second-order valence-electron chi connectivity index (χ2n) is 5.67. The summed E-state index contributed by atoms with van der Waals surface area (Å²) in [6.45, 7) is 4.44. The molecule has 7 heteroatoms. The number of hydrogen-bond acceptors (Lipinski definition) is 4. The Balaban J connectivity index is 2.20. The maximum absolute atomic E-state index is 11.0. The van der Waals surface area contributed by atoms with Crippen LogP contribution in [-0.4, -0.2) is 43.7 Å². The highest BCUT2D eigenvalue weighted by Crippen LogP contribution is 2.05. The number of nitrogens with one attached hydrogen (secondary N) is 2. The number of hydrogen-bond donors (Lipinski definition) is 2. The molecule has 1 aromatic heterocycles. The Kier molecular flexibility index (Phi) is 11.4. The summed E-state index contributed by atoms with van der Waals surface area (Å²) in [4.78, 5) is 19.7. The van der Waals surface area contributed by atoms with Crippen LogP contribution in [0.15, 0.2) is 23.3 Å². The first-order valence-electron chi connectivity index (χ1n) is 8.85. The van der Waals surface area contributed by atoms with Gasteiger partial charge >= 0.3 is 5.97 Å². The van der Waals surface area contributed by atoms with Crippen LogP contribution in [0.2, 0.25) is 5.15 Å². The number of aliphatic imine (C=N–C) groups is 1. The van der Waals surface area contributed by atoms with Crippen molar-refractivity contribution in [2.45, 2.75) is 45.4 Å². The van der Waals surface area contributed by atoms with Crippen molar-refractivity contribution in [1.29, 1.82) is 0 Å². The Morgan fingerprint density at radius 1 is 1.24 bits per heavy atom. The molecular formula is C18H29ClN4O2. The van der Waals surface area contributed by atoms with Crippen molar-refractivity contribution in [2.75, 3.05) is 26.7 Å². The molecule has 0 unspecified atom stereocenters. The third-order valence-corrected chi connectivity index (χ3v) is 3.85. The number of carbonyl (C=O) groups excluding carboxylic acids is 1. The molecule has 0 amide bonds. The molecule has 0 radical (unpaired) electrons. The van der Waals surface area contributed by atoms with Gasteiger partial charge in [0, 0.05) is 32.3 Å². The maximum Gasteiger partial charge on any atom is 0.305 e. The standard InChI is InChI=1S/C18H29ClN4O2/c1-3-20-18(21-12-7-5-4-6-8-17(24)25-2)22-13-11-15-9-10-16(19)23-14-15/h9-10,14H,3-8,11-13H2,1-2H3,(H2,20,21,22). The van der Waals surface area contributed by atoms with Crippen LogP contribution in [0.4, 0.5) is 0 Å². The van der Waals surface area contributed by atoms with Gasteiger partial charge in [0.2, 0.25) is 0 Å². The molecule has 1 aromatic rings. The number of unbranched alkanes of at least 4 members (excludes halogenated alkanes) is 3. The van der Waals surface area contributed by atoms with Crippen LogP contribution in [0.1, 0.15) is 44.6 Å². The Morgan fingerprint density at radius 3 is 2.72 bits per heavy atom. The fourth-order valence-electron chi connectivity index (χ4n) is 2.25. The van der Waals surface area contributed by atoms with Crippen LogP contribution in [-0.2, 0) is 16.0 Å². The molecule has 0 aliphatic rings. The summed E-state index contributed by atoms with van der Waals surface area (Å²) in [5, 5.41) is 7.08. The van der Waals surface area contributed by atoms with Gasteiger partial charge in [-0.15, -0.1) is 0 Å². The van der Waals surface area contributed by atoms with Gasteiger partial charge < -0.3 is 15.4 Å². The Hall–Kier alpha value is -1.82. The maximum atomic E-state index is 11.0. The van der Waals surface area contributed by atoms with Gasteiger partial charge in [-0.1, -0.05) is 30.5 Å². The Labute approximate surface area is 155 Å². The minimum Gasteiger partial charge on any atom is -0.469 e. The first-order valence-corrected chi connectivity index (χ1v) is 9.23. The van der Waals surface area contributed by atoms with Crippen molar-refractivity contribution in [1.82, 2.24) is 15.6 Å². The largest absolute Gasteiger partial charge is 0.469 e. The quantitative estimate of drug-likeness (QED) is 0.206. The van der Waals surface area contributed by atoms with Gasteiger partial charge in [0.05, 0.1) is 7.11 Å². The number of ether oxygens (including phenoxy) is 1. The van der Waals surface area contributed by atoms with E-state index < -0.39 is 0 Å². The molecule has 0 saturated carbocycles. The van der Waals surface area contributed by atoms with Gasteiger partial charge in [0.15, 0.2) is 5.96 Å². The smallest absolute Gasteiger partial charge is 0.305 e. The number of pyridine rings is 1. The van der Waals surface area contributed by atoms with Crippen molar-refractivity contribution < 1.29 is 9.53 Å². The van der Waals surface area contributed by atoms with Crippen LogP contribution in [0, 0.1) is 0 Å². The van der Waals surface area contributed by atoms with Gasteiger partial charge in [-0.05, 0) is 37.8 Å². The second kappa shape index (κ2) is 13.5. The number of nitrogens with zero attached hydrogens (tertiary/aromatic N) is 2. The molecule has 1 heterocycles. The van der Waals surface area contributed by atoms with Crippen LogP contribution in [0.5, 0.6) is 0 Å². The molecule has 0 aromatic carbocycles.